The molecule has 0 aliphatic carbocycles. The van der Waals surface area contributed by atoms with E-state index < -0.39 is 0 Å². The lowest BCUT2D eigenvalue weighted by atomic mass is 10.1. The number of ether oxygens (including phenoxy) is 2. The average molecular weight is 261 g/mol. The molecule has 3 rings (SSSR count). The maximum atomic E-state index is 12.5. The molecule has 0 spiro atoms. The number of carbonyl (C=O) groups is 1. The molecule has 0 bridgehead atoms. The van der Waals surface area contributed by atoms with Crippen molar-refractivity contribution in [2.45, 2.75) is 38.5 Å². The minimum absolute atomic E-state index is 0.00834. The van der Waals surface area contributed by atoms with Crippen LogP contribution < -0.4 is 4.74 Å². The van der Waals surface area contributed by atoms with Crippen molar-refractivity contribution in [3.05, 3.63) is 29.8 Å². The summed E-state index contributed by atoms with van der Waals surface area (Å²) in [6.07, 6.45) is 1.57. The molecule has 2 unspecified atom stereocenters. The maximum Gasteiger partial charge on any atom is 0.252 e. The van der Waals surface area contributed by atoms with Crippen molar-refractivity contribution in [1.82, 2.24) is 4.90 Å². The summed E-state index contributed by atoms with van der Waals surface area (Å²) >= 11 is 0. The summed E-state index contributed by atoms with van der Waals surface area (Å²) in [6.45, 7) is 3.93. The van der Waals surface area contributed by atoms with Crippen LogP contribution in [0.25, 0.3) is 0 Å². The highest BCUT2D eigenvalue weighted by atomic mass is 16.5. The van der Waals surface area contributed by atoms with Gasteiger partial charge in [0.2, 0.25) is 0 Å². The molecule has 1 aromatic carbocycles. The van der Waals surface area contributed by atoms with Gasteiger partial charge in [-0.05, 0) is 25.8 Å². The zero-order valence-corrected chi connectivity index (χ0v) is 11.2. The second-order valence-electron chi connectivity index (χ2n) is 5.26. The molecule has 0 aromatic heterocycles. The molecule has 102 valence electrons. The van der Waals surface area contributed by atoms with Gasteiger partial charge < -0.3 is 14.4 Å². The first kappa shape index (κ1) is 12.5. The van der Waals surface area contributed by atoms with E-state index in [4.69, 9.17) is 9.47 Å². The van der Waals surface area contributed by atoms with Crippen molar-refractivity contribution in [3.8, 4) is 5.75 Å². The first-order chi connectivity index (χ1) is 9.24. The predicted octanol–water partition coefficient (Wildman–Crippen LogP) is 1.98. The molecular weight excluding hydrogens is 242 g/mol. The van der Waals surface area contributed by atoms with Gasteiger partial charge in [0.05, 0.1) is 6.54 Å². The van der Waals surface area contributed by atoms with Gasteiger partial charge in [-0.1, -0.05) is 18.2 Å². The lowest BCUT2D eigenvalue weighted by molar-refractivity contribution is -0.142. The summed E-state index contributed by atoms with van der Waals surface area (Å²) in [5.74, 6) is 0.988. The third-order valence-corrected chi connectivity index (χ3v) is 3.66. The molecule has 4 nitrogen and oxygen atoms in total. The molecular formula is C15H19NO3. The number of carbonyl (C=O) groups excluding carboxylic acids is 1. The smallest absolute Gasteiger partial charge is 0.252 e. The van der Waals surface area contributed by atoms with E-state index in [1.54, 1.807) is 0 Å². The Hall–Kier alpha value is -1.55. The minimum Gasteiger partial charge on any atom is -0.489 e. The summed E-state index contributed by atoms with van der Waals surface area (Å²) in [4.78, 5) is 14.3. The fourth-order valence-electron chi connectivity index (χ4n) is 2.73. The molecule has 0 N–H and O–H groups in total. The number of nitrogens with zero attached hydrogens (tertiary/aromatic N) is 1. The Kier molecular flexibility index (Phi) is 3.42. The van der Waals surface area contributed by atoms with Crippen molar-refractivity contribution >= 4 is 5.91 Å². The zero-order chi connectivity index (χ0) is 13.2. The molecule has 4 heteroatoms. The van der Waals surface area contributed by atoms with Crippen LogP contribution in [-0.4, -0.2) is 36.2 Å². The largest absolute Gasteiger partial charge is 0.489 e. The molecule has 0 radical (unpaired) electrons. The zero-order valence-electron chi connectivity index (χ0n) is 11.2. The number of hydrogen-bond donors (Lipinski definition) is 0. The predicted molar refractivity (Wildman–Crippen MR) is 70.9 cm³/mol. The second kappa shape index (κ2) is 5.21. The summed E-state index contributed by atoms with van der Waals surface area (Å²) < 4.78 is 11.4. The van der Waals surface area contributed by atoms with E-state index in [9.17, 15) is 4.79 Å². The molecule has 1 fully saturated rings. The van der Waals surface area contributed by atoms with E-state index in [0.29, 0.717) is 19.7 Å². The highest BCUT2D eigenvalue weighted by Crippen LogP contribution is 2.26. The minimum atomic E-state index is -0.252. The lowest BCUT2D eigenvalue weighted by Gasteiger charge is -2.24. The molecule has 2 aliphatic rings. The van der Waals surface area contributed by atoms with Crippen LogP contribution >= 0.6 is 0 Å². The van der Waals surface area contributed by atoms with Gasteiger partial charge in [-0.2, -0.15) is 0 Å². The Morgan fingerprint density at radius 1 is 1.37 bits per heavy atom. The van der Waals surface area contributed by atoms with E-state index in [1.807, 2.05) is 36.1 Å². The number of rotatable bonds is 1. The third-order valence-electron chi connectivity index (χ3n) is 3.66. The van der Waals surface area contributed by atoms with Crippen molar-refractivity contribution in [1.29, 1.82) is 0 Å². The normalized spacial score (nSPS) is 26.5. The van der Waals surface area contributed by atoms with E-state index in [-0.39, 0.29) is 18.1 Å². The van der Waals surface area contributed by atoms with Gasteiger partial charge in [0, 0.05) is 18.7 Å². The van der Waals surface area contributed by atoms with Crippen molar-refractivity contribution in [2.24, 2.45) is 0 Å². The second-order valence-corrected chi connectivity index (χ2v) is 5.26. The monoisotopic (exact) mass is 261 g/mol. The Balaban J connectivity index is 1.81. The topological polar surface area (TPSA) is 38.8 Å². The highest BCUT2D eigenvalue weighted by Gasteiger charge is 2.31. The van der Waals surface area contributed by atoms with Gasteiger partial charge in [0.1, 0.15) is 18.0 Å². The van der Waals surface area contributed by atoms with Gasteiger partial charge in [-0.3, -0.25) is 4.79 Å². The van der Waals surface area contributed by atoms with E-state index in [0.717, 1.165) is 24.2 Å². The molecule has 2 heterocycles. The summed E-state index contributed by atoms with van der Waals surface area (Å²) in [6, 6.07) is 7.92. The molecule has 0 saturated carbocycles. The molecule has 2 aliphatic heterocycles. The Bertz CT molecular complexity index is 468. The molecule has 19 heavy (non-hydrogen) atoms. The van der Waals surface area contributed by atoms with Crippen LogP contribution in [0.2, 0.25) is 0 Å². The van der Waals surface area contributed by atoms with Gasteiger partial charge in [0.25, 0.3) is 5.91 Å². The van der Waals surface area contributed by atoms with Crippen molar-refractivity contribution < 1.29 is 14.3 Å². The van der Waals surface area contributed by atoms with Gasteiger partial charge in [0.15, 0.2) is 0 Å². The Morgan fingerprint density at radius 2 is 2.21 bits per heavy atom. The van der Waals surface area contributed by atoms with E-state index in [1.165, 1.54) is 0 Å². The Labute approximate surface area is 113 Å². The quantitative estimate of drug-likeness (QED) is 0.776. The first-order valence-corrected chi connectivity index (χ1v) is 6.89. The van der Waals surface area contributed by atoms with Crippen molar-refractivity contribution in [2.75, 3.05) is 13.2 Å². The van der Waals surface area contributed by atoms with E-state index >= 15 is 0 Å². The van der Waals surface area contributed by atoms with Crippen LogP contribution in [0, 0.1) is 0 Å². The van der Waals surface area contributed by atoms with Crippen molar-refractivity contribution in [3.63, 3.8) is 0 Å². The molecule has 2 atom stereocenters. The van der Waals surface area contributed by atoms with Gasteiger partial charge >= 0.3 is 0 Å². The number of hydrogen-bond acceptors (Lipinski definition) is 3. The number of para-hydroxylation sites is 1. The first-order valence-electron chi connectivity index (χ1n) is 6.89. The average Bonchev–Trinajstić information content (AvgIpc) is 2.87. The van der Waals surface area contributed by atoms with E-state index in [2.05, 4.69) is 0 Å². The van der Waals surface area contributed by atoms with Gasteiger partial charge in [-0.25, -0.2) is 0 Å². The Morgan fingerprint density at radius 3 is 3.00 bits per heavy atom. The summed E-state index contributed by atoms with van der Waals surface area (Å²) in [5, 5.41) is 0. The number of benzene rings is 1. The van der Waals surface area contributed by atoms with Gasteiger partial charge in [-0.15, -0.1) is 0 Å². The summed E-state index contributed by atoms with van der Waals surface area (Å²) in [7, 11) is 0. The third kappa shape index (κ3) is 2.59. The van der Waals surface area contributed by atoms with Crippen LogP contribution in [0.1, 0.15) is 25.3 Å². The molecule has 1 amide bonds. The molecule has 1 saturated heterocycles. The maximum absolute atomic E-state index is 12.5. The number of fused-ring (bicyclic) bond motifs is 1. The molecule has 1 aromatic rings. The highest BCUT2D eigenvalue weighted by molar-refractivity contribution is 5.81. The van der Waals surface area contributed by atoms with Crippen LogP contribution in [0.3, 0.4) is 0 Å². The SMILES string of the molecule is CC1CN(C(=O)C2CCCO2)Cc2ccccc2O1. The summed E-state index contributed by atoms with van der Waals surface area (Å²) in [5.41, 5.74) is 1.07. The van der Waals surface area contributed by atoms with Crippen LogP contribution in [0.15, 0.2) is 24.3 Å². The van der Waals surface area contributed by atoms with Crippen LogP contribution in [0.4, 0.5) is 0 Å². The number of amides is 1. The lowest BCUT2D eigenvalue weighted by Crippen LogP contribution is -2.41. The van der Waals surface area contributed by atoms with Crippen LogP contribution in [-0.2, 0) is 16.1 Å². The fraction of sp³-hybridized carbons (Fsp3) is 0.533. The standard InChI is InChI=1S/C15H19NO3/c1-11-9-16(15(17)14-7-4-8-18-14)10-12-5-2-3-6-13(12)19-11/h2-3,5-6,11,14H,4,7-10H2,1H3. The fourth-order valence-corrected chi connectivity index (χ4v) is 2.73. The van der Waals surface area contributed by atoms with Crippen LogP contribution in [0.5, 0.6) is 5.75 Å².